The summed E-state index contributed by atoms with van der Waals surface area (Å²) in [6.45, 7) is 9.79. The van der Waals surface area contributed by atoms with Crippen LogP contribution in [0.3, 0.4) is 0 Å². The fraction of sp³-hybridized carbons (Fsp3) is 0.625. The van der Waals surface area contributed by atoms with E-state index in [1.165, 1.54) is 11.1 Å². The third kappa shape index (κ3) is 2.50. The van der Waals surface area contributed by atoms with Crippen molar-refractivity contribution >= 4 is 5.91 Å². The SMILES string of the molecule is CC1=C(C)CN(C(=O)c2n[nH]c3c2C[C@@H](C)O[C@H]3C)CC1. The van der Waals surface area contributed by atoms with Crippen LogP contribution in [0.2, 0.25) is 0 Å². The molecule has 0 unspecified atom stereocenters. The van der Waals surface area contributed by atoms with Gasteiger partial charge >= 0.3 is 0 Å². The molecule has 3 heterocycles. The van der Waals surface area contributed by atoms with Gasteiger partial charge in [-0.3, -0.25) is 9.89 Å². The second kappa shape index (κ2) is 5.30. The lowest BCUT2D eigenvalue weighted by atomic mass is 9.98. The van der Waals surface area contributed by atoms with Gasteiger partial charge in [-0.05, 0) is 34.1 Å². The van der Waals surface area contributed by atoms with E-state index in [4.69, 9.17) is 4.74 Å². The van der Waals surface area contributed by atoms with Gasteiger partial charge in [0.15, 0.2) is 5.69 Å². The van der Waals surface area contributed by atoms with Gasteiger partial charge in [-0.25, -0.2) is 0 Å². The number of H-pyrrole nitrogens is 1. The van der Waals surface area contributed by atoms with E-state index in [9.17, 15) is 4.79 Å². The fourth-order valence-corrected chi connectivity index (χ4v) is 3.19. The van der Waals surface area contributed by atoms with Crippen LogP contribution in [0.15, 0.2) is 11.1 Å². The first-order valence-electron chi connectivity index (χ1n) is 7.64. The van der Waals surface area contributed by atoms with Gasteiger partial charge in [0.05, 0.1) is 17.9 Å². The van der Waals surface area contributed by atoms with E-state index in [0.29, 0.717) is 12.2 Å². The van der Waals surface area contributed by atoms with E-state index < -0.39 is 0 Å². The number of aromatic nitrogens is 2. The molecule has 5 heteroatoms. The Morgan fingerprint density at radius 2 is 2.10 bits per heavy atom. The summed E-state index contributed by atoms with van der Waals surface area (Å²) in [5.41, 5.74) is 5.27. The number of ether oxygens (including phenoxy) is 1. The van der Waals surface area contributed by atoms with Crippen molar-refractivity contribution in [1.29, 1.82) is 0 Å². The molecular weight excluding hydrogens is 266 g/mol. The van der Waals surface area contributed by atoms with Gasteiger partial charge in [-0.1, -0.05) is 11.1 Å². The Morgan fingerprint density at radius 1 is 1.33 bits per heavy atom. The van der Waals surface area contributed by atoms with Crippen molar-refractivity contribution in [2.45, 2.75) is 52.7 Å². The molecule has 0 bridgehead atoms. The minimum atomic E-state index is -0.0250. The average molecular weight is 289 g/mol. The molecule has 0 radical (unpaired) electrons. The Hall–Kier alpha value is -1.62. The number of hydrogen-bond donors (Lipinski definition) is 1. The monoisotopic (exact) mass is 289 g/mol. The van der Waals surface area contributed by atoms with Crippen molar-refractivity contribution < 1.29 is 9.53 Å². The molecule has 1 aromatic heterocycles. The summed E-state index contributed by atoms with van der Waals surface area (Å²) in [7, 11) is 0. The molecule has 114 valence electrons. The molecular formula is C16H23N3O2. The first-order valence-corrected chi connectivity index (χ1v) is 7.64. The van der Waals surface area contributed by atoms with E-state index in [2.05, 4.69) is 24.0 Å². The molecule has 1 aromatic rings. The second-order valence-corrected chi connectivity index (χ2v) is 6.29. The number of amides is 1. The fourth-order valence-electron chi connectivity index (χ4n) is 3.19. The van der Waals surface area contributed by atoms with Gasteiger partial charge < -0.3 is 9.64 Å². The number of rotatable bonds is 1. The maximum Gasteiger partial charge on any atom is 0.274 e. The van der Waals surface area contributed by atoms with Crippen LogP contribution in [-0.4, -0.2) is 40.2 Å². The maximum atomic E-state index is 12.8. The van der Waals surface area contributed by atoms with Crippen LogP contribution < -0.4 is 0 Å². The van der Waals surface area contributed by atoms with Crippen molar-refractivity contribution in [3.8, 4) is 0 Å². The second-order valence-electron chi connectivity index (χ2n) is 6.29. The Labute approximate surface area is 125 Å². The zero-order valence-electron chi connectivity index (χ0n) is 13.2. The summed E-state index contributed by atoms with van der Waals surface area (Å²) < 4.78 is 5.78. The lowest BCUT2D eigenvalue weighted by Gasteiger charge is -2.29. The summed E-state index contributed by atoms with van der Waals surface area (Å²) in [6.07, 6.45) is 1.81. The smallest absolute Gasteiger partial charge is 0.274 e. The first kappa shape index (κ1) is 14.3. The number of hydrogen-bond acceptors (Lipinski definition) is 3. The van der Waals surface area contributed by atoms with Crippen molar-refractivity contribution in [2.75, 3.05) is 13.1 Å². The Balaban J connectivity index is 1.87. The Morgan fingerprint density at radius 3 is 2.81 bits per heavy atom. The van der Waals surface area contributed by atoms with Gasteiger partial charge in [-0.15, -0.1) is 0 Å². The van der Waals surface area contributed by atoms with Gasteiger partial charge in [0, 0.05) is 25.1 Å². The van der Waals surface area contributed by atoms with Crippen LogP contribution in [0.1, 0.15) is 62.0 Å². The molecule has 1 amide bonds. The number of nitrogens with zero attached hydrogens (tertiary/aromatic N) is 2. The van der Waals surface area contributed by atoms with Gasteiger partial charge in [-0.2, -0.15) is 5.10 Å². The van der Waals surface area contributed by atoms with Crippen molar-refractivity contribution in [1.82, 2.24) is 15.1 Å². The molecule has 2 aliphatic rings. The molecule has 0 spiro atoms. The molecule has 0 saturated carbocycles. The Bertz CT molecular complexity index is 603. The average Bonchev–Trinajstić information content (AvgIpc) is 2.85. The number of fused-ring (bicyclic) bond motifs is 1. The van der Waals surface area contributed by atoms with E-state index >= 15 is 0 Å². The van der Waals surface area contributed by atoms with E-state index in [1.807, 2.05) is 18.7 Å². The van der Waals surface area contributed by atoms with Crippen LogP contribution in [0.25, 0.3) is 0 Å². The zero-order chi connectivity index (χ0) is 15.1. The van der Waals surface area contributed by atoms with Crippen LogP contribution in [0.4, 0.5) is 0 Å². The number of aromatic amines is 1. The minimum absolute atomic E-state index is 0.0250. The summed E-state index contributed by atoms with van der Waals surface area (Å²) in [6, 6.07) is 0. The van der Waals surface area contributed by atoms with Crippen LogP contribution in [0, 0.1) is 0 Å². The molecule has 2 atom stereocenters. The highest BCUT2D eigenvalue weighted by atomic mass is 16.5. The van der Waals surface area contributed by atoms with Gasteiger partial charge in [0.1, 0.15) is 0 Å². The largest absolute Gasteiger partial charge is 0.369 e. The van der Waals surface area contributed by atoms with Crippen LogP contribution in [0.5, 0.6) is 0 Å². The highest BCUT2D eigenvalue weighted by Crippen LogP contribution is 2.31. The third-order valence-corrected chi connectivity index (χ3v) is 4.64. The minimum Gasteiger partial charge on any atom is -0.369 e. The topological polar surface area (TPSA) is 58.2 Å². The predicted octanol–water partition coefficient (Wildman–Crippen LogP) is 2.61. The van der Waals surface area contributed by atoms with Crippen molar-refractivity contribution in [3.05, 3.63) is 28.1 Å². The zero-order valence-corrected chi connectivity index (χ0v) is 13.2. The number of nitrogens with one attached hydrogen (secondary N) is 1. The lowest BCUT2D eigenvalue weighted by molar-refractivity contribution is -0.00701. The first-order chi connectivity index (χ1) is 9.97. The van der Waals surface area contributed by atoms with E-state index in [0.717, 1.165) is 30.6 Å². The van der Waals surface area contributed by atoms with Gasteiger partial charge in [0.25, 0.3) is 5.91 Å². The van der Waals surface area contributed by atoms with E-state index in [-0.39, 0.29) is 18.1 Å². The molecule has 21 heavy (non-hydrogen) atoms. The normalized spacial score (nSPS) is 26.0. The number of carbonyl (C=O) groups excluding carboxylic acids is 1. The number of carbonyl (C=O) groups is 1. The molecule has 1 N–H and O–H groups in total. The highest BCUT2D eigenvalue weighted by molar-refractivity contribution is 5.94. The molecule has 0 aliphatic carbocycles. The summed E-state index contributed by atoms with van der Waals surface area (Å²) in [5, 5.41) is 7.29. The lowest BCUT2D eigenvalue weighted by Crippen LogP contribution is -2.37. The standard InChI is InChI=1S/C16H23N3O2/c1-9-5-6-19(8-10(9)2)16(20)15-13-7-11(3)21-12(4)14(13)17-18-15/h11-12H,5-8H2,1-4H3,(H,17,18)/t11-,12+/m1/s1. The maximum absolute atomic E-state index is 12.8. The molecule has 0 saturated heterocycles. The van der Waals surface area contributed by atoms with Crippen LogP contribution in [-0.2, 0) is 11.2 Å². The molecule has 0 fully saturated rings. The quantitative estimate of drug-likeness (QED) is 0.808. The molecule has 0 aromatic carbocycles. The summed E-state index contributed by atoms with van der Waals surface area (Å²) >= 11 is 0. The molecule has 2 aliphatic heterocycles. The summed E-state index contributed by atoms with van der Waals surface area (Å²) in [4.78, 5) is 14.7. The van der Waals surface area contributed by atoms with Gasteiger partial charge in [0.2, 0.25) is 0 Å². The summed E-state index contributed by atoms with van der Waals surface area (Å²) in [5.74, 6) is 0.0423. The van der Waals surface area contributed by atoms with Crippen molar-refractivity contribution in [3.63, 3.8) is 0 Å². The highest BCUT2D eigenvalue weighted by Gasteiger charge is 2.32. The Kier molecular flexibility index (Phi) is 3.61. The predicted molar refractivity (Wildman–Crippen MR) is 80.1 cm³/mol. The van der Waals surface area contributed by atoms with Crippen molar-refractivity contribution in [2.24, 2.45) is 0 Å². The molecule has 5 nitrogen and oxygen atoms in total. The molecule has 3 rings (SSSR count). The van der Waals surface area contributed by atoms with E-state index in [1.54, 1.807) is 0 Å². The van der Waals surface area contributed by atoms with Crippen LogP contribution >= 0.6 is 0 Å². The third-order valence-electron chi connectivity index (χ3n) is 4.64.